The van der Waals surface area contributed by atoms with Crippen molar-refractivity contribution >= 4 is 10.1 Å². The highest BCUT2D eigenvalue weighted by Gasteiger charge is 2.39. The highest BCUT2D eigenvalue weighted by atomic mass is 32.2. The average molecular weight is 256 g/mol. The Morgan fingerprint density at radius 1 is 1.35 bits per heavy atom. The zero-order valence-corrected chi connectivity index (χ0v) is 10.8. The average Bonchev–Trinajstić information content (AvgIpc) is 2.97. The van der Waals surface area contributed by atoms with Crippen molar-refractivity contribution in [2.24, 2.45) is 0 Å². The minimum atomic E-state index is -3.63. The van der Waals surface area contributed by atoms with Crippen LogP contribution >= 0.6 is 0 Å². The SMILES string of the molecule is Cc1ccc(S(=O)(=O)OCC[C@]2(C)CO2)cc1. The van der Waals surface area contributed by atoms with Gasteiger partial charge in [0.1, 0.15) is 0 Å². The van der Waals surface area contributed by atoms with Crippen LogP contribution in [0, 0.1) is 6.92 Å². The number of epoxide rings is 1. The Hall–Kier alpha value is -0.910. The summed E-state index contributed by atoms with van der Waals surface area (Å²) in [6.07, 6.45) is 0.595. The van der Waals surface area contributed by atoms with Crippen molar-refractivity contribution < 1.29 is 17.3 Å². The molecule has 94 valence electrons. The predicted octanol–water partition coefficient (Wildman–Crippen LogP) is 1.88. The van der Waals surface area contributed by atoms with E-state index in [9.17, 15) is 8.42 Å². The lowest BCUT2D eigenvalue weighted by molar-refractivity contribution is 0.242. The van der Waals surface area contributed by atoms with Gasteiger partial charge < -0.3 is 4.74 Å². The number of hydrogen-bond acceptors (Lipinski definition) is 4. The zero-order valence-electron chi connectivity index (χ0n) is 9.97. The maximum atomic E-state index is 11.8. The summed E-state index contributed by atoms with van der Waals surface area (Å²) >= 11 is 0. The van der Waals surface area contributed by atoms with Crippen LogP contribution in [0.2, 0.25) is 0 Å². The lowest BCUT2D eigenvalue weighted by Crippen LogP contribution is -2.13. The van der Waals surface area contributed by atoms with Crippen LogP contribution < -0.4 is 0 Å². The number of ether oxygens (including phenoxy) is 1. The standard InChI is InChI=1S/C12H16O4S/c1-10-3-5-11(6-4-10)17(13,14)16-8-7-12(2)9-15-12/h3-6H,7-9H2,1-2H3/t12-/m1/s1. The molecule has 1 aromatic rings. The molecule has 0 bridgehead atoms. The molecule has 1 aromatic carbocycles. The van der Waals surface area contributed by atoms with Crippen LogP contribution in [0.25, 0.3) is 0 Å². The molecule has 0 N–H and O–H groups in total. The molecular formula is C12H16O4S. The molecule has 1 aliphatic rings. The second-order valence-corrected chi connectivity index (χ2v) is 6.19. The van der Waals surface area contributed by atoms with Crippen LogP contribution in [0.15, 0.2) is 29.2 Å². The molecule has 1 aliphatic heterocycles. The molecule has 4 nitrogen and oxygen atoms in total. The van der Waals surface area contributed by atoms with Crippen molar-refractivity contribution in [3.63, 3.8) is 0 Å². The van der Waals surface area contributed by atoms with E-state index in [1.165, 1.54) is 0 Å². The van der Waals surface area contributed by atoms with Gasteiger partial charge in [0.2, 0.25) is 0 Å². The summed E-state index contributed by atoms with van der Waals surface area (Å²) in [6.45, 7) is 4.69. The van der Waals surface area contributed by atoms with E-state index in [2.05, 4.69) is 0 Å². The normalized spacial score (nSPS) is 23.6. The van der Waals surface area contributed by atoms with Crippen LogP contribution in [0.1, 0.15) is 18.9 Å². The molecular weight excluding hydrogens is 240 g/mol. The van der Waals surface area contributed by atoms with Crippen LogP contribution in [0.3, 0.4) is 0 Å². The van der Waals surface area contributed by atoms with E-state index in [-0.39, 0.29) is 17.1 Å². The van der Waals surface area contributed by atoms with E-state index < -0.39 is 10.1 Å². The second kappa shape index (κ2) is 4.40. The summed E-state index contributed by atoms with van der Waals surface area (Å²) in [5, 5.41) is 0. The first-order valence-corrected chi connectivity index (χ1v) is 6.92. The molecule has 2 rings (SSSR count). The molecule has 5 heteroatoms. The lowest BCUT2D eigenvalue weighted by atomic mass is 10.1. The van der Waals surface area contributed by atoms with Crippen LogP contribution in [-0.4, -0.2) is 27.2 Å². The van der Waals surface area contributed by atoms with Gasteiger partial charge in [-0.1, -0.05) is 17.7 Å². The monoisotopic (exact) mass is 256 g/mol. The molecule has 0 aliphatic carbocycles. The quantitative estimate of drug-likeness (QED) is 0.596. The van der Waals surface area contributed by atoms with Crippen LogP contribution in [-0.2, 0) is 19.0 Å². The van der Waals surface area contributed by atoms with Crippen molar-refractivity contribution in [2.45, 2.75) is 30.8 Å². The Kier molecular flexibility index (Phi) is 3.25. The largest absolute Gasteiger partial charge is 0.370 e. The number of hydrogen-bond donors (Lipinski definition) is 0. The van der Waals surface area contributed by atoms with E-state index in [0.717, 1.165) is 5.56 Å². The molecule has 0 spiro atoms. The Bertz CT molecular complexity index is 486. The summed E-state index contributed by atoms with van der Waals surface area (Å²) in [4.78, 5) is 0.199. The molecule has 0 unspecified atom stereocenters. The summed E-state index contributed by atoms with van der Waals surface area (Å²) in [5.74, 6) is 0. The highest BCUT2D eigenvalue weighted by molar-refractivity contribution is 7.86. The van der Waals surface area contributed by atoms with E-state index in [4.69, 9.17) is 8.92 Å². The van der Waals surface area contributed by atoms with Gasteiger partial charge in [0.05, 0.1) is 23.7 Å². The highest BCUT2D eigenvalue weighted by Crippen LogP contribution is 2.30. The molecule has 0 radical (unpaired) electrons. The van der Waals surface area contributed by atoms with Gasteiger partial charge in [-0.05, 0) is 26.0 Å². The molecule has 1 fully saturated rings. The minimum absolute atomic E-state index is 0.159. The van der Waals surface area contributed by atoms with Crippen molar-refractivity contribution in [2.75, 3.05) is 13.2 Å². The molecule has 0 aromatic heterocycles. The van der Waals surface area contributed by atoms with Gasteiger partial charge in [-0.3, -0.25) is 4.18 Å². The maximum absolute atomic E-state index is 11.8. The van der Waals surface area contributed by atoms with Gasteiger partial charge in [0.25, 0.3) is 10.1 Å². The van der Waals surface area contributed by atoms with Gasteiger partial charge in [-0.25, -0.2) is 0 Å². The Morgan fingerprint density at radius 3 is 2.47 bits per heavy atom. The fraction of sp³-hybridized carbons (Fsp3) is 0.500. The van der Waals surface area contributed by atoms with E-state index >= 15 is 0 Å². The van der Waals surface area contributed by atoms with Crippen molar-refractivity contribution in [3.8, 4) is 0 Å². The summed E-state index contributed by atoms with van der Waals surface area (Å²) in [5.41, 5.74) is 0.839. The molecule has 0 saturated carbocycles. The topological polar surface area (TPSA) is 55.9 Å². The molecule has 1 atom stereocenters. The fourth-order valence-corrected chi connectivity index (χ4v) is 2.32. The minimum Gasteiger partial charge on any atom is -0.370 e. The third kappa shape index (κ3) is 3.28. The van der Waals surface area contributed by atoms with E-state index in [1.54, 1.807) is 24.3 Å². The van der Waals surface area contributed by atoms with Crippen molar-refractivity contribution in [3.05, 3.63) is 29.8 Å². The fourth-order valence-electron chi connectivity index (χ4n) is 1.41. The summed E-state index contributed by atoms with van der Waals surface area (Å²) < 4.78 is 33.7. The summed E-state index contributed by atoms with van der Waals surface area (Å²) in [7, 11) is -3.63. The second-order valence-electron chi connectivity index (χ2n) is 4.58. The molecule has 0 amide bonds. The predicted molar refractivity (Wildman–Crippen MR) is 63.3 cm³/mol. The maximum Gasteiger partial charge on any atom is 0.296 e. The molecule has 1 saturated heterocycles. The third-order valence-electron chi connectivity index (χ3n) is 2.82. The smallest absolute Gasteiger partial charge is 0.296 e. The first-order chi connectivity index (χ1) is 7.91. The molecule has 1 heterocycles. The first kappa shape index (κ1) is 12.5. The number of rotatable bonds is 5. The van der Waals surface area contributed by atoms with Gasteiger partial charge in [-0.15, -0.1) is 0 Å². The van der Waals surface area contributed by atoms with Crippen molar-refractivity contribution in [1.82, 2.24) is 0 Å². The van der Waals surface area contributed by atoms with Gasteiger partial charge in [0, 0.05) is 6.42 Å². The first-order valence-electron chi connectivity index (χ1n) is 5.51. The van der Waals surface area contributed by atoms with E-state index in [0.29, 0.717) is 13.0 Å². The van der Waals surface area contributed by atoms with Gasteiger partial charge >= 0.3 is 0 Å². The Labute approximate surface area is 102 Å². The number of aryl methyl sites for hydroxylation is 1. The Balaban J connectivity index is 1.96. The van der Waals surface area contributed by atoms with Gasteiger partial charge in [-0.2, -0.15) is 8.42 Å². The van der Waals surface area contributed by atoms with Gasteiger partial charge in [0.15, 0.2) is 0 Å². The van der Waals surface area contributed by atoms with Crippen molar-refractivity contribution in [1.29, 1.82) is 0 Å². The Morgan fingerprint density at radius 2 is 1.94 bits per heavy atom. The van der Waals surface area contributed by atoms with Crippen LogP contribution in [0.5, 0.6) is 0 Å². The van der Waals surface area contributed by atoms with Crippen LogP contribution in [0.4, 0.5) is 0 Å². The number of benzene rings is 1. The lowest BCUT2D eigenvalue weighted by Gasteiger charge is -2.07. The third-order valence-corrected chi connectivity index (χ3v) is 4.14. The van der Waals surface area contributed by atoms with E-state index in [1.807, 2.05) is 13.8 Å². The summed E-state index contributed by atoms with van der Waals surface area (Å²) in [6, 6.07) is 6.61. The zero-order chi connectivity index (χ0) is 12.5. The molecule has 17 heavy (non-hydrogen) atoms.